The van der Waals surface area contributed by atoms with Gasteiger partial charge in [-0.15, -0.1) is 0 Å². The van der Waals surface area contributed by atoms with E-state index in [1.165, 1.54) is 0 Å². The molecule has 0 heterocycles. The number of aliphatic carboxylic acids is 2. The first-order chi connectivity index (χ1) is 5.11. The zero-order valence-corrected chi connectivity index (χ0v) is 8.99. The Balaban J connectivity index is 0. The quantitative estimate of drug-likeness (QED) is 0.470. The number of carboxylic acids is 2. The van der Waals surface area contributed by atoms with Crippen LogP contribution in [0.2, 0.25) is 0 Å². The van der Waals surface area contributed by atoms with Crippen LogP contribution in [-0.4, -0.2) is 22.2 Å². The van der Waals surface area contributed by atoms with E-state index in [4.69, 9.17) is 10.2 Å². The van der Waals surface area contributed by atoms with Gasteiger partial charge in [0.2, 0.25) is 0 Å². The molecule has 0 bridgehead atoms. The first-order valence-corrected chi connectivity index (χ1v) is 3.57. The van der Waals surface area contributed by atoms with Crippen molar-refractivity contribution in [1.29, 1.82) is 0 Å². The van der Waals surface area contributed by atoms with Gasteiger partial charge in [0.05, 0.1) is 11.8 Å². The summed E-state index contributed by atoms with van der Waals surface area (Å²) in [5, 5.41) is 17.0. The SMILES string of the molecule is O=C(O)C1CCC(C(=O)O)C1.[H-].[Na+]. The van der Waals surface area contributed by atoms with Gasteiger partial charge in [0.1, 0.15) is 0 Å². The van der Waals surface area contributed by atoms with Crippen LogP contribution < -0.4 is 29.6 Å². The van der Waals surface area contributed by atoms with Gasteiger partial charge in [-0.1, -0.05) is 0 Å². The molecule has 0 aromatic rings. The minimum absolute atomic E-state index is 0. The molecular weight excluding hydrogens is 171 g/mol. The predicted molar refractivity (Wildman–Crippen MR) is 37.2 cm³/mol. The van der Waals surface area contributed by atoms with E-state index in [9.17, 15) is 9.59 Å². The van der Waals surface area contributed by atoms with Crippen molar-refractivity contribution < 1.29 is 50.8 Å². The Morgan fingerprint density at radius 2 is 1.42 bits per heavy atom. The van der Waals surface area contributed by atoms with Gasteiger partial charge in [-0.3, -0.25) is 9.59 Å². The van der Waals surface area contributed by atoms with E-state index in [0.29, 0.717) is 19.3 Å². The largest absolute Gasteiger partial charge is 1.00 e. The summed E-state index contributed by atoms with van der Waals surface area (Å²) >= 11 is 0. The van der Waals surface area contributed by atoms with E-state index < -0.39 is 23.8 Å². The minimum atomic E-state index is -0.867. The predicted octanol–water partition coefficient (Wildman–Crippen LogP) is -2.31. The molecule has 0 aromatic carbocycles. The van der Waals surface area contributed by atoms with E-state index in [1.807, 2.05) is 0 Å². The normalized spacial score (nSPS) is 27.7. The van der Waals surface area contributed by atoms with Crippen molar-refractivity contribution in [2.24, 2.45) is 11.8 Å². The smallest absolute Gasteiger partial charge is 1.00 e. The summed E-state index contributed by atoms with van der Waals surface area (Å²) in [5.41, 5.74) is 0. The average molecular weight is 182 g/mol. The van der Waals surface area contributed by atoms with Crippen molar-refractivity contribution in [2.45, 2.75) is 19.3 Å². The fraction of sp³-hybridized carbons (Fsp3) is 0.714. The zero-order chi connectivity index (χ0) is 8.43. The van der Waals surface area contributed by atoms with Crippen molar-refractivity contribution in [1.82, 2.24) is 0 Å². The van der Waals surface area contributed by atoms with E-state index in [-0.39, 0.29) is 31.0 Å². The molecule has 0 saturated heterocycles. The number of hydrogen-bond acceptors (Lipinski definition) is 2. The molecule has 0 aromatic heterocycles. The first kappa shape index (κ1) is 11.9. The van der Waals surface area contributed by atoms with Crippen LogP contribution in [0.25, 0.3) is 0 Å². The topological polar surface area (TPSA) is 74.6 Å². The van der Waals surface area contributed by atoms with Gasteiger partial charge in [0, 0.05) is 0 Å². The summed E-state index contributed by atoms with van der Waals surface area (Å²) in [5.74, 6) is -2.60. The van der Waals surface area contributed by atoms with Crippen LogP contribution >= 0.6 is 0 Å². The van der Waals surface area contributed by atoms with E-state index in [1.54, 1.807) is 0 Å². The molecule has 2 unspecified atom stereocenters. The van der Waals surface area contributed by atoms with Crippen LogP contribution in [0.5, 0.6) is 0 Å². The molecule has 1 aliphatic rings. The monoisotopic (exact) mass is 182 g/mol. The van der Waals surface area contributed by atoms with Crippen molar-refractivity contribution in [3.63, 3.8) is 0 Å². The molecule has 0 amide bonds. The van der Waals surface area contributed by atoms with Gasteiger partial charge < -0.3 is 11.6 Å². The molecule has 1 aliphatic carbocycles. The number of carbonyl (C=O) groups is 2. The zero-order valence-electron chi connectivity index (χ0n) is 7.99. The second kappa shape index (κ2) is 4.84. The summed E-state index contributed by atoms with van der Waals surface area (Å²) in [6.07, 6.45) is 1.31. The van der Waals surface area contributed by atoms with Gasteiger partial charge in [0.15, 0.2) is 0 Å². The standard InChI is InChI=1S/C7H10O4.Na.H/c8-6(9)4-1-2-5(3-4)7(10)11;;/h4-5H,1-3H2,(H,8,9)(H,10,11);;/q;+1;-1. The molecule has 2 N–H and O–H groups in total. The van der Waals surface area contributed by atoms with E-state index in [0.717, 1.165) is 0 Å². The average Bonchev–Trinajstić information content (AvgIpc) is 2.33. The second-order valence-corrected chi connectivity index (χ2v) is 2.88. The third-order valence-corrected chi connectivity index (χ3v) is 2.13. The number of hydrogen-bond donors (Lipinski definition) is 2. The summed E-state index contributed by atoms with van der Waals surface area (Å²) in [6.45, 7) is 0. The Hall–Kier alpha value is -0.0600. The molecule has 12 heavy (non-hydrogen) atoms. The Kier molecular flexibility index (Phi) is 4.82. The van der Waals surface area contributed by atoms with Crippen molar-refractivity contribution >= 4 is 11.9 Å². The molecular formula is C7H11NaO4. The van der Waals surface area contributed by atoms with Crippen LogP contribution in [0.3, 0.4) is 0 Å². The summed E-state index contributed by atoms with van der Waals surface area (Å²) in [7, 11) is 0. The van der Waals surface area contributed by atoms with E-state index >= 15 is 0 Å². The molecule has 64 valence electrons. The van der Waals surface area contributed by atoms with Crippen LogP contribution in [0.1, 0.15) is 20.7 Å². The molecule has 0 aliphatic heterocycles. The maximum Gasteiger partial charge on any atom is 1.00 e. The Morgan fingerprint density at radius 3 is 1.58 bits per heavy atom. The fourth-order valence-corrected chi connectivity index (χ4v) is 1.43. The Morgan fingerprint density at radius 1 is 1.08 bits per heavy atom. The Bertz CT molecular complexity index is 177. The van der Waals surface area contributed by atoms with Gasteiger partial charge in [-0.05, 0) is 19.3 Å². The second-order valence-electron chi connectivity index (χ2n) is 2.88. The summed E-state index contributed by atoms with van der Waals surface area (Å²) < 4.78 is 0. The number of rotatable bonds is 2. The Labute approximate surface area is 93.7 Å². The molecule has 1 saturated carbocycles. The first-order valence-electron chi connectivity index (χ1n) is 3.57. The van der Waals surface area contributed by atoms with Gasteiger partial charge in [-0.2, -0.15) is 0 Å². The van der Waals surface area contributed by atoms with Gasteiger partial charge >= 0.3 is 41.5 Å². The fourth-order valence-electron chi connectivity index (χ4n) is 1.43. The number of carboxylic acid groups (broad SMARTS) is 2. The molecule has 0 spiro atoms. The van der Waals surface area contributed by atoms with Crippen molar-refractivity contribution in [3.05, 3.63) is 0 Å². The molecule has 4 nitrogen and oxygen atoms in total. The third kappa shape index (κ3) is 2.77. The van der Waals surface area contributed by atoms with Crippen LogP contribution in [0.15, 0.2) is 0 Å². The molecule has 0 radical (unpaired) electrons. The minimum Gasteiger partial charge on any atom is -1.00 e. The van der Waals surface area contributed by atoms with E-state index in [2.05, 4.69) is 0 Å². The van der Waals surface area contributed by atoms with Crippen LogP contribution in [0, 0.1) is 11.8 Å². The molecule has 5 heteroatoms. The molecule has 1 rings (SSSR count). The summed E-state index contributed by atoms with van der Waals surface area (Å²) in [6, 6.07) is 0. The summed E-state index contributed by atoms with van der Waals surface area (Å²) in [4.78, 5) is 20.8. The van der Waals surface area contributed by atoms with Gasteiger partial charge in [0.25, 0.3) is 0 Å². The van der Waals surface area contributed by atoms with Gasteiger partial charge in [-0.25, -0.2) is 0 Å². The maximum atomic E-state index is 10.4. The van der Waals surface area contributed by atoms with Crippen molar-refractivity contribution in [2.75, 3.05) is 0 Å². The molecule has 1 fully saturated rings. The van der Waals surface area contributed by atoms with Crippen LogP contribution in [-0.2, 0) is 9.59 Å². The third-order valence-electron chi connectivity index (χ3n) is 2.13. The molecule has 2 atom stereocenters. The maximum absolute atomic E-state index is 10.4. The van der Waals surface area contributed by atoms with Crippen LogP contribution in [0.4, 0.5) is 0 Å². The van der Waals surface area contributed by atoms with Crippen molar-refractivity contribution in [3.8, 4) is 0 Å².